The molecule has 4 heterocycles. The maximum atomic E-state index is 14.0. The monoisotopic (exact) mass is 774 g/mol. The van der Waals surface area contributed by atoms with E-state index in [9.17, 15) is 19.5 Å². The summed E-state index contributed by atoms with van der Waals surface area (Å²) in [5, 5.41) is 13.3. The molecule has 4 amide bonds. The van der Waals surface area contributed by atoms with E-state index in [2.05, 4.69) is 54.0 Å². The standard InChI is InChI=1S/C34H44Br2N6O5/c1-38-11-7-25(8-12-38)39-16-18-40(19-17-39)32(44)30(22-23-20-27(35)31(43)28(36)21-23)47-34(46)41-13-9-26(10-14-41)42-15-6-24-4-2-3-5-29(24)37-33(42)45/h2-5,20-21,25-26,30,43H,6-19,22H2,1H3,(H,37,45). The molecule has 0 aromatic heterocycles. The molecular formula is C34H44Br2N6O5. The van der Waals surface area contributed by atoms with E-state index >= 15 is 0 Å². The van der Waals surface area contributed by atoms with Crippen molar-refractivity contribution in [2.75, 3.05) is 71.3 Å². The molecule has 254 valence electrons. The highest BCUT2D eigenvalue weighted by atomic mass is 79.9. The van der Waals surface area contributed by atoms with Crippen molar-refractivity contribution in [2.45, 2.75) is 56.7 Å². The van der Waals surface area contributed by atoms with Gasteiger partial charge in [-0.2, -0.15) is 0 Å². The molecule has 2 aromatic rings. The predicted octanol–water partition coefficient (Wildman–Crippen LogP) is 4.76. The lowest BCUT2D eigenvalue weighted by molar-refractivity contribution is -0.143. The van der Waals surface area contributed by atoms with Crippen LogP contribution in [0.5, 0.6) is 5.75 Å². The predicted molar refractivity (Wildman–Crippen MR) is 187 cm³/mol. The molecule has 4 aliphatic rings. The van der Waals surface area contributed by atoms with Crippen molar-refractivity contribution in [1.82, 2.24) is 24.5 Å². The number of benzene rings is 2. The summed E-state index contributed by atoms with van der Waals surface area (Å²) in [4.78, 5) is 50.9. The van der Waals surface area contributed by atoms with Crippen molar-refractivity contribution in [2.24, 2.45) is 0 Å². The molecule has 47 heavy (non-hydrogen) atoms. The van der Waals surface area contributed by atoms with Gasteiger partial charge in [0, 0.05) is 70.0 Å². The van der Waals surface area contributed by atoms with Crippen molar-refractivity contribution in [3.63, 3.8) is 0 Å². The number of nitrogens with zero attached hydrogens (tertiary/aromatic N) is 5. The van der Waals surface area contributed by atoms with Gasteiger partial charge in [0.2, 0.25) is 0 Å². The molecule has 2 N–H and O–H groups in total. The third-order valence-electron chi connectivity index (χ3n) is 10.2. The largest absolute Gasteiger partial charge is 0.506 e. The quantitative estimate of drug-likeness (QED) is 0.436. The molecule has 0 radical (unpaired) electrons. The maximum Gasteiger partial charge on any atom is 0.410 e. The van der Waals surface area contributed by atoms with Crippen molar-refractivity contribution in [1.29, 1.82) is 0 Å². The van der Waals surface area contributed by atoms with Crippen LogP contribution in [0.4, 0.5) is 15.3 Å². The number of amides is 4. The number of hydrogen-bond donors (Lipinski definition) is 2. The summed E-state index contributed by atoms with van der Waals surface area (Å²) in [6.07, 6.45) is 2.98. The highest BCUT2D eigenvalue weighted by Crippen LogP contribution is 2.34. The van der Waals surface area contributed by atoms with Crippen molar-refractivity contribution >= 4 is 55.6 Å². The zero-order chi connectivity index (χ0) is 33.1. The lowest BCUT2D eigenvalue weighted by Crippen LogP contribution is -2.56. The number of anilines is 1. The Kier molecular flexibility index (Phi) is 10.9. The Balaban J connectivity index is 1.08. The number of piperazine rings is 1. The number of para-hydroxylation sites is 1. The van der Waals surface area contributed by atoms with Crippen LogP contribution in [0, 0.1) is 0 Å². The van der Waals surface area contributed by atoms with E-state index in [1.807, 2.05) is 34.1 Å². The third-order valence-corrected chi connectivity index (χ3v) is 11.4. The minimum Gasteiger partial charge on any atom is -0.506 e. The van der Waals surface area contributed by atoms with Crippen LogP contribution in [0.2, 0.25) is 0 Å². The highest BCUT2D eigenvalue weighted by molar-refractivity contribution is 9.11. The SMILES string of the molecule is CN1CCC(N2CCN(C(=O)C(Cc3cc(Br)c(O)c(Br)c3)OC(=O)N3CCC(N4CCc5ccccc5NC4=O)CC3)CC2)CC1. The number of ether oxygens (including phenoxy) is 1. The molecule has 3 fully saturated rings. The van der Waals surface area contributed by atoms with E-state index in [1.54, 1.807) is 17.0 Å². The number of likely N-dealkylation sites (tertiary alicyclic amines) is 2. The van der Waals surface area contributed by atoms with Gasteiger partial charge in [-0.25, -0.2) is 9.59 Å². The number of piperidine rings is 2. The topological polar surface area (TPSA) is 109 Å². The fourth-order valence-electron chi connectivity index (χ4n) is 7.29. The van der Waals surface area contributed by atoms with E-state index < -0.39 is 12.2 Å². The summed E-state index contributed by atoms with van der Waals surface area (Å²) in [5.41, 5.74) is 2.73. The van der Waals surface area contributed by atoms with Gasteiger partial charge in [0.05, 0.1) is 8.95 Å². The van der Waals surface area contributed by atoms with Gasteiger partial charge in [0.1, 0.15) is 5.75 Å². The number of hydrogen-bond acceptors (Lipinski definition) is 7. The first kappa shape index (κ1) is 34.0. The molecule has 1 atom stereocenters. The van der Waals surface area contributed by atoms with Crippen LogP contribution >= 0.6 is 31.9 Å². The molecule has 11 nitrogen and oxygen atoms in total. The van der Waals surface area contributed by atoms with Gasteiger partial charge < -0.3 is 34.8 Å². The van der Waals surface area contributed by atoms with Crippen LogP contribution in [-0.2, 0) is 22.4 Å². The number of nitrogens with one attached hydrogen (secondary N) is 1. The van der Waals surface area contributed by atoms with E-state index in [4.69, 9.17) is 4.74 Å². The van der Waals surface area contributed by atoms with Crippen molar-refractivity contribution in [3.8, 4) is 5.75 Å². The molecule has 3 saturated heterocycles. The molecule has 6 rings (SSSR count). The van der Waals surface area contributed by atoms with Crippen LogP contribution in [0.25, 0.3) is 0 Å². The summed E-state index contributed by atoms with van der Waals surface area (Å²) in [6.45, 7) is 6.48. The fourth-order valence-corrected chi connectivity index (χ4v) is 8.58. The summed E-state index contributed by atoms with van der Waals surface area (Å²) in [6, 6.07) is 11.8. The Morgan fingerprint density at radius 1 is 0.894 bits per heavy atom. The van der Waals surface area contributed by atoms with Crippen molar-refractivity contribution < 1.29 is 24.2 Å². The smallest absolute Gasteiger partial charge is 0.410 e. The second kappa shape index (κ2) is 15.1. The Bertz CT molecular complexity index is 1430. The van der Waals surface area contributed by atoms with Gasteiger partial charge in [-0.15, -0.1) is 0 Å². The van der Waals surface area contributed by atoms with Crippen LogP contribution in [0.3, 0.4) is 0 Å². The number of urea groups is 1. The summed E-state index contributed by atoms with van der Waals surface area (Å²) in [7, 11) is 2.16. The lowest BCUT2D eigenvalue weighted by atomic mass is 10.0. The molecule has 4 aliphatic heterocycles. The number of rotatable bonds is 6. The van der Waals surface area contributed by atoms with E-state index in [1.165, 1.54) is 0 Å². The average Bonchev–Trinajstić information content (AvgIpc) is 3.25. The first-order chi connectivity index (χ1) is 22.7. The van der Waals surface area contributed by atoms with Gasteiger partial charge in [0.15, 0.2) is 6.10 Å². The highest BCUT2D eigenvalue weighted by Gasteiger charge is 2.36. The number of aromatic hydroxyl groups is 1. The zero-order valence-electron chi connectivity index (χ0n) is 26.9. The molecule has 0 spiro atoms. The van der Waals surface area contributed by atoms with Crippen LogP contribution < -0.4 is 5.32 Å². The van der Waals surface area contributed by atoms with Gasteiger partial charge in [-0.3, -0.25) is 9.69 Å². The molecule has 0 bridgehead atoms. The van der Waals surface area contributed by atoms with Gasteiger partial charge in [0.25, 0.3) is 5.91 Å². The minimum absolute atomic E-state index is 0.0124. The van der Waals surface area contributed by atoms with Crippen molar-refractivity contribution in [3.05, 3.63) is 56.5 Å². The summed E-state index contributed by atoms with van der Waals surface area (Å²) in [5.74, 6) is -0.124. The number of phenolic OH excluding ortho intramolecular Hbond substituents is 1. The Morgan fingerprint density at radius 2 is 1.53 bits per heavy atom. The molecule has 13 heteroatoms. The Morgan fingerprint density at radius 3 is 2.21 bits per heavy atom. The maximum absolute atomic E-state index is 14.0. The lowest BCUT2D eigenvalue weighted by Gasteiger charge is -2.42. The van der Waals surface area contributed by atoms with Crippen LogP contribution in [0.15, 0.2) is 45.3 Å². The van der Waals surface area contributed by atoms with E-state index in [0.29, 0.717) is 60.6 Å². The summed E-state index contributed by atoms with van der Waals surface area (Å²) < 4.78 is 7.02. The second-order valence-corrected chi connectivity index (χ2v) is 14.8. The van der Waals surface area contributed by atoms with E-state index in [0.717, 1.165) is 62.3 Å². The van der Waals surface area contributed by atoms with E-state index in [-0.39, 0.29) is 30.2 Å². The van der Waals surface area contributed by atoms with Crippen LogP contribution in [0.1, 0.15) is 36.8 Å². The zero-order valence-corrected chi connectivity index (χ0v) is 30.0. The summed E-state index contributed by atoms with van der Waals surface area (Å²) >= 11 is 6.77. The average molecular weight is 777 g/mol. The number of fused-ring (bicyclic) bond motifs is 1. The molecule has 0 aliphatic carbocycles. The van der Waals surface area contributed by atoms with Gasteiger partial charge >= 0.3 is 12.1 Å². The first-order valence-corrected chi connectivity index (χ1v) is 18.2. The Hall–Kier alpha value is -2.87. The molecule has 1 unspecified atom stereocenters. The third kappa shape index (κ3) is 8.06. The number of phenols is 1. The first-order valence-electron chi connectivity index (χ1n) is 16.7. The number of halogens is 2. The van der Waals surface area contributed by atoms with Gasteiger partial charge in [-0.1, -0.05) is 18.2 Å². The number of carbonyl (C=O) groups excluding carboxylic acids is 3. The van der Waals surface area contributed by atoms with Gasteiger partial charge in [-0.05, 0) is 113 Å². The normalized spacial score (nSPS) is 21.2. The molecule has 0 saturated carbocycles. The minimum atomic E-state index is -1.01. The molecule has 2 aromatic carbocycles. The number of carbonyl (C=O) groups is 3. The molecular weight excluding hydrogens is 732 g/mol. The second-order valence-electron chi connectivity index (χ2n) is 13.1. The Labute approximate surface area is 293 Å². The fraction of sp³-hybridized carbons (Fsp3) is 0.559. The van der Waals surface area contributed by atoms with Crippen LogP contribution in [-0.4, -0.2) is 132 Å².